The third kappa shape index (κ3) is 4.37. The molecule has 1 N–H and O–H groups in total. The Balaban J connectivity index is 1.57. The molecule has 1 aliphatic carbocycles. The van der Waals surface area contributed by atoms with Crippen molar-refractivity contribution in [3.05, 3.63) is 53.8 Å². The van der Waals surface area contributed by atoms with E-state index in [1.807, 2.05) is 4.90 Å². The summed E-state index contributed by atoms with van der Waals surface area (Å²) in [5.74, 6) is 0.0431. The third-order valence-corrected chi connectivity index (χ3v) is 6.86. The molecule has 0 radical (unpaired) electrons. The molecule has 2 aromatic rings. The van der Waals surface area contributed by atoms with Crippen molar-refractivity contribution in [1.82, 2.24) is 4.90 Å². The minimum Gasteiger partial charge on any atom is -0.483 e. The maximum atomic E-state index is 13.1. The van der Waals surface area contributed by atoms with Crippen LogP contribution in [-0.4, -0.2) is 31.9 Å². The Morgan fingerprint density at radius 1 is 1.03 bits per heavy atom. The van der Waals surface area contributed by atoms with Crippen LogP contribution in [0.25, 0.3) is 0 Å². The van der Waals surface area contributed by atoms with Gasteiger partial charge in [-0.3, -0.25) is 9.52 Å². The Bertz CT molecular complexity index is 1000. The van der Waals surface area contributed by atoms with Crippen LogP contribution in [0.3, 0.4) is 0 Å². The molecule has 1 aliphatic heterocycles. The summed E-state index contributed by atoms with van der Waals surface area (Å²) in [6, 6.07) is 9.81. The predicted molar refractivity (Wildman–Crippen MR) is 107 cm³/mol. The van der Waals surface area contributed by atoms with Gasteiger partial charge in [-0.25, -0.2) is 12.8 Å². The highest BCUT2D eigenvalue weighted by Gasteiger charge is 2.29. The van der Waals surface area contributed by atoms with E-state index in [0.29, 0.717) is 18.0 Å². The van der Waals surface area contributed by atoms with E-state index in [-0.39, 0.29) is 23.5 Å². The first-order chi connectivity index (χ1) is 13.9. The number of rotatable bonds is 4. The van der Waals surface area contributed by atoms with E-state index in [1.165, 1.54) is 18.6 Å². The number of anilines is 1. The molecule has 154 valence electrons. The van der Waals surface area contributed by atoms with Crippen molar-refractivity contribution in [2.45, 2.75) is 49.6 Å². The molecule has 0 unspecified atom stereocenters. The van der Waals surface area contributed by atoms with Gasteiger partial charge in [0.05, 0.1) is 4.90 Å². The van der Waals surface area contributed by atoms with Crippen molar-refractivity contribution in [3.8, 4) is 5.75 Å². The third-order valence-electron chi connectivity index (χ3n) is 5.46. The van der Waals surface area contributed by atoms with Crippen molar-refractivity contribution in [2.75, 3.05) is 11.3 Å². The number of nitrogens with zero attached hydrogens (tertiary/aromatic N) is 1. The van der Waals surface area contributed by atoms with Gasteiger partial charge in [0.15, 0.2) is 6.61 Å². The van der Waals surface area contributed by atoms with Crippen LogP contribution in [0.15, 0.2) is 47.4 Å². The Kier molecular flexibility index (Phi) is 5.45. The summed E-state index contributed by atoms with van der Waals surface area (Å²) in [6.07, 6.45) is 5.39. The summed E-state index contributed by atoms with van der Waals surface area (Å²) in [7, 11) is -3.85. The highest BCUT2D eigenvalue weighted by Crippen LogP contribution is 2.31. The molecule has 0 saturated heterocycles. The maximum absolute atomic E-state index is 13.1. The molecule has 0 atom stereocenters. The zero-order valence-corrected chi connectivity index (χ0v) is 16.8. The van der Waals surface area contributed by atoms with Crippen molar-refractivity contribution < 1.29 is 22.3 Å². The minimum absolute atomic E-state index is 0.00977. The monoisotopic (exact) mass is 418 g/mol. The largest absolute Gasteiger partial charge is 0.483 e. The van der Waals surface area contributed by atoms with Crippen LogP contribution in [0.4, 0.5) is 10.1 Å². The first-order valence-corrected chi connectivity index (χ1v) is 11.2. The normalized spacial score (nSPS) is 18.0. The Labute approximate surface area is 169 Å². The minimum atomic E-state index is -3.85. The molecule has 1 amide bonds. The van der Waals surface area contributed by atoms with Gasteiger partial charge >= 0.3 is 0 Å². The van der Waals surface area contributed by atoms with Gasteiger partial charge in [-0.05, 0) is 55.3 Å². The van der Waals surface area contributed by atoms with E-state index in [0.717, 1.165) is 43.4 Å². The van der Waals surface area contributed by atoms with Crippen LogP contribution in [0, 0.1) is 5.82 Å². The van der Waals surface area contributed by atoms with Gasteiger partial charge < -0.3 is 9.64 Å². The number of carbonyl (C=O) groups is 1. The molecular formula is C21H23FN2O4S. The molecule has 2 aromatic carbocycles. The van der Waals surface area contributed by atoms with Crippen LogP contribution < -0.4 is 9.46 Å². The molecule has 29 heavy (non-hydrogen) atoms. The summed E-state index contributed by atoms with van der Waals surface area (Å²) in [6.45, 7) is 0.384. The predicted octanol–water partition coefficient (Wildman–Crippen LogP) is 3.68. The van der Waals surface area contributed by atoms with E-state index in [1.54, 1.807) is 18.2 Å². The number of sulfonamides is 1. The molecule has 1 heterocycles. The highest BCUT2D eigenvalue weighted by molar-refractivity contribution is 7.92. The fourth-order valence-corrected chi connectivity index (χ4v) is 5.00. The quantitative estimate of drug-likeness (QED) is 0.822. The lowest BCUT2D eigenvalue weighted by Gasteiger charge is -2.33. The average molecular weight is 418 g/mol. The van der Waals surface area contributed by atoms with Crippen molar-refractivity contribution in [2.24, 2.45) is 0 Å². The topological polar surface area (TPSA) is 75.7 Å². The zero-order valence-electron chi connectivity index (χ0n) is 15.9. The van der Waals surface area contributed by atoms with Crippen LogP contribution in [0.2, 0.25) is 0 Å². The molecule has 8 heteroatoms. The van der Waals surface area contributed by atoms with E-state index in [4.69, 9.17) is 4.74 Å². The lowest BCUT2D eigenvalue weighted by molar-refractivity contribution is -0.136. The number of benzene rings is 2. The second kappa shape index (κ2) is 8.02. The van der Waals surface area contributed by atoms with Gasteiger partial charge in [0, 0.05) is 23.8 Å². The Morgan fingerprint density at radius 3 is 2.48 bits per heavy atom. The van der Waals surface area contributed by atoms with Crippen LogP contribution in [0.5, 0.6) is 5.75 Å². The van der Waals surface area contributed by atoms with E-state index in [2.05, 4.69) is 4.72 Å². The van der Waals surface area contributed by atoms with Crippen LogP contribution in [0.1, 0.15) is 37.7 Å². The maximum Gasteiger partial charge on any atom is 0.261 e. The van der Waals surface area contributed by atoms with Crippen LogP contribution in [-0.2, 0) is 21.4 Å². The molecule has 4 rings (SSSR count). The molecule has 0 aromatic heterocycles. The van der Waals surface area contributed by atoms with Gasteiger partial charge in [0.25, 0.3) is 15.9 Å². The first-order valence-electron chi connectivity index (χ1n) is 9.76. The fourth-order valence-electron chi connectivity index (χ4n) is 3.95. The van der Waals surface area contributed by atoms with Crippen LogP contribution >= 0.6 is 0 Å². The summed E-state index contributed by atoms with van der Waals surface area (Å²) >= 11 is 0. The van der Waals surface area contributed by atoms with Crippen molar-refractivity contribution >= 4 is 21.6 Å². The van der Waals surface area contributed by atoms with Crippen molar-refractivity contribution in [3.63, 3.8) is 0 Å². The zero-order chi connectivity index (χ0) is 20.4. The average Bonchev–Trinajstić information content (AvgIpc) is 2.87. The summed E-state index contributed by atoms with van der Waals surface area (Å²) in [4.78, 5) is 14.4. The molecule has 0 spiro atoms. The molecule has 0 bridgehead atoms. The summed E-state index contributed by atoms with van der Waals surface area (Å²) in [5, 5.41) is 0. The number of halogens is 1. The first kappa shape index (κ1) is 19.7. The molecule has 6 nitrogen and oxygen atoms in total. The number of hydrogen-bond acceptors (Lipinski definition) is 4. The van der Waals surface area contributed by atoms with Gasteiger partial charge in [0.1, 0.15) is 11.6 Å². The lowest BCUT2D eigenvalue weighted by atomic mass is 9.94. The molecule has 2 aliphatic rings. The Hall–Kier alpha value is -2.61. The van der Waals surface area contributed by atoms with Gasteiger partial charge in [-0.2, -0.15) is 0 Å². The molecule has 1 fully saturated rings. The summed E-state index contributed by atoms with van der Waals surface area (Å²) < 4.78 is 46.4. The van der Waals surface area contributed by atoms with E-state index < -0.39 is 15.8 Å². The number of carbonyl (C=O) groups excluding carboxylic acids is 1. The lowest BCUT2D eigenvalue weighted by Crippen LogP contribution is -2.42. The number of nitrogens with one attached hydrogen (secondary N) is 1. The standard InChI is InChI=1S/C21H23FN2O4S/c22-16-6-9-19(10-7-16)29(26,27)23-17-8-11-20-15(12-17)13-24(21(25)14-28-20)18-4-2-1-3-5-18/h6-12,18,23H,1-5,13-14H2. The SMILES string of the molecule is O=C1COc2ccc(NS(=O)(=O)c3ccc(F)cc3)cc2CN1C1CCCCC1. The number of hydrogen-bond donors (Lipinski definition) is 1. The molecular weight excluding hydrogens is 395 g/mol. The van der Waals surface area contributed by atoms with Gasteiger partial charge in [-0.1, -0.05) is 19.3 Å². The second-order valence-electron chi connectivity index (χ2n) is 7.48. The van der Waals surface area contributed by atoms with Gasteiger partial charge in [-0.15, -0.1) is 0 Å². The van der Waals surface area contributed by atoms with E-state index >= 15 is 0 Å². The van der Waals surface area contributed by atoms with Crippen molar-refractivity contribution in [1.29, 1.82) is 0 Å². The number of fused-ring (bicyclic) bond motifs is 1. The second-order valence-corrected chi connectivity index (χ2v) is 9.17. The summed E-state index contributed by atoms with van der Waals surface area (Å²) in [5.41, 5.74) is 1.13. The fraction of sp³-hybridized carbons (Fsp3) is 0.381. The van der Waals surface area contributed by atoms with Gasteiger partial charge in [0.2, 0.25) is 0 Å². The molecule has 1 saturated carbocycles. The number of ether oxygens (including phenoxy) is 1. The highest BCUT2D eigenvalue weighted by atomic mass is 32.2. The Morgan fingerprint density at radius 2 is 1.76 bits per heavy atom. The smallest absolute Gasteiger partial charge is 0.261 e. The van der Waals surface area contributed by atoms with E-state index in [9.17, 15) is 17.6 Å². The number of amides is 1.